The zero-order valence-electron chi connectivity index (χ0n) is 25.3. The van der Waals surface area contributed by atoms with Gasteiger partial charge in [0.15, 0.2) is 0 Å². The Morgan fingerprint density at radius 1 is 0.889 bits per heavy atom. The number of nitrogens with zero attached hydrogens (tertiary/aromatic N) is 1. The molecule has 0 aliphatic heterocycles. The van der Waals surface area contributed by atoms with Crippen molar-refractivity contribution >= 4 is 19.9 Å². The Labute approximate surface area is 264 Å². The summed E-state index contributed by atoms with van der Waals surface area (Å²) in [4.78, 5) is 34.0. The first-order chi connectivity index (χ1) is 21.8. The molecule has 236 valence electrons. The maximum absolute atomic E-state index is 12.9. The molecule has 0 bridgehead atoms. The van der Waals surface area contributed by atoms with E-state index in [0.717, 1.165) is 28.2 Å². The molecule has 1 amide bonds. The fourth-order valence-electron chi connectivity index (χ4n) is 5.36. The van der Waals surface area contributed by atoms with Crippen molar-refractivity contribution in [3.05, 3.63) is 135 Å². The lowest BCUT2D eigenvalue weighted by atomic mass is 9.80. The molecule has 0 aromatic heterocycles. The van der Waals surface area contributed by atoms with Gasteiger partial charge in [-0.15, -0.1) is 0 Å². The molecule has 11 heteroatoms. The Kier molecular flexibility index (Phi) is 12.0. The lowest BCUT2D eigenvalue weighted by Crippen LogP contribution is -2.34. The van der Waals surface area contributed by atoms with Crippen LogP contribution in [-0.4, -0.2) is 49.3 Å². The van der Waals surface area contributed by atoms with Gasteiger partial charge in [0.1, 0.15) is 17.1 Å². The normalized spacial score (nSPS) is 12.6. The third kappa shape index (κ3) is 8.44. The standard InChI is InChI=1S/C34H38N3O7P/c1-42-29-18-14-27(15-19-29)34(26-9-4-3-5-10-26,28-16-20-30(43-2)21-17-28)44-22-8-13-33(38)36-23-25(24-45(35)41)31-11-6-7-12-32(31)37(39)40/h3-7,9-12,14-21,25,41H,8,13,22-24,35H2,1-2H3,(H,36,38). The van der Waals surface area contributed by atoms with Crippen LogP contribution in [0.4, 0.5) is 5.69 Å². The van der Waals surface area contributed by atoms with Gasteiger partial charge in [-0.2, -0.15) is 0 Å². The van der Waals surface area contributed by atoms with Crippen molar-refractivity contribution in [1.82, 2.24) is 5.32 Å². The highest BCUT2D eigenvalue weighted by Gasteiger charge is 2.37. The summed E-state index contributed by atoms with van der Waals surface area (Å²) in [7, 11) is 1.40. The molecule has 0 saturated heterocycles. The summed E-state index contributed by atoms with van der Waals surface area (Å²) < 4.78 is 17.6. The molecule has 0 aliphatic rings. The number of para-hydroxylation sites is 1. The number of hydrogen-bond donors (Lipinski definition) is 3. The van der Waals surface area contributed by atoms with Crippen molar-refractivity contribution in [1.29, 1.82) is 0 Å². The van der Waals surface area contributed by atoms with Gasteiger partial charge in [0.05, 0.1) is 27.4 Å². The van der Waals surface area contributed by atoms with Gasteiger partial charge in [-0.1, -0.05) is 72.8 Å². The highest BCUT2D eigenvalue weighted by Crippen LogP contribution is 2.42. The maximum atomic E-state index is 12.9. The molecule has 0 heterocycles. The molecule has 0 saturated carbocycles. The number of nitrogens with one attached hydrogen (secondary N) is 1. The van der Waals surface area contributed by atoms with E-state index in [-0.39, 0.29) is 37.3 Å². The molecular weight excluding hydrogens is 593 g/mol. The molecular formula is C34H38N3O7P. The quantitative estimate of drug-likeness (QED) is 0.0458. The van der Waals surface area contributed by atoms with Gasteiger partial charge >= 0.3 is 0 Å². The number of carbonyl (C=O) groups is 1. The van der Waals surface area contributed by atoms with E-state index in [9.17, 15) is 19.8 Å². The van der Waals surface area contributed by atoms with Gasteiger partial charge in [-0.25, -0.2) is 0 Å². The second-order valence-corrected chi connectivity index (χ2v) is 11.6. The topological polar surface area (TPSA) is 146 Å². The third-order valence-electron chi connectivity index (χ3n) is 7.57. The Bertz CT molecular complexity index is 1490. The van der Waals surface area contributed by atoms with Gasteiger partial charge in [-0.05, 0) is 47.4 Å². The number of nitro groups is 1. The van der Waals surface area contributed by atoms with Crippen LogP contribution in [0.1, 0.15) is 41.0 Å². The number of nitro benzene ring substituents is 1. The van der Waals surface area contributed by atoms with Crippen LogP contribution in [0.5, 0.6) is 11.5 Å². The van der Waals surface area contributed by atoms with Crippen molar-refractivity contribution in [3.8, 4) is 11.5 Å². The predicted molar refractivity (Wildman–Crippen MR) is 175 cm³/mol. The molecule has 0 spiro atoms. The summed E-state index contributed by atoms with van der Waals surface area (Å²) in [5.74, 6) is 0.689. The first-order valence-corrected chi connectivity index (χ1v) is 16.0. The van der Waals surface area contributed by atoms with Crippen LogP contribution >= 0.6 is 8.30 Å². The van der Waals surface area contributed by atoms with Gasteiger partial charge in [0.2, 0.25) is 5.91 Å². The summed E-state index contributed by atoms with van der Waals surface area (Å²) in [5.41, 5.74) is 7.73. The summed E-state index contributed by atoms with van der Waals surface area (Å²) >= 11 is 0. The number of carbonyl (C=O) groups excluding carboxylic acids is 1. The number of amides is 1. The van der Waals surface area contributed by atoms with Gasteiger partial charge in [0, 0.05) is 43.3 Å². The molecule has 45 heavy (non-hydrogen) atoms. The molecule has 4 rings (SSSR count). The monoisotopic (exact) mass is 631 g/mol. The van der Waals surface area contributed by atoms with E-state index in [2.05, 4.69) is 5.32 Å². The smallest absolute Gasteiger partial charge is 0.272 e. The van der Waals surface area contributed by atoms with E-state index in [0.29, 0.717) is 12.0 Å². The van der Waals surface area contributed by atoms with Crippen molar-refractivity contribution in [2.75, 3.05) is 33.5 Å². The van der Waals surface area contributed by atoms with Gasteiger partial charge in [0.25, 0.3) is 5.69 Å². The van der Waals surface area contributed by atoms with E-state index in [4.69, 9.17) is 19.7 Å². The zero-order valence-corrected chi connectivity index (χ0v) is 26.2. The van der Waals surface area contributed by atoms with Gasteiger partial charge < -0.3 is 24.4 Å². The molecule has 0 aliphatic carbocycles. The molecule has 2 unspecified atom stereocenters. The fourth-order valence-corrected chi connectivity index (χ4v) is 6.13. The number of hydrogen-bond acceptors (Lipinski definition) is 8. The van der Waals surface area contributed by atoms with Crippen molar-refractivity contribution < 1.29 is 28.8 Å². The third-order valence-corrected chi connectivity index (χ3v) is 8.38. The second kappa shape index (κ2) is 16.1. The van der Waals surface area contributed by atoms with E-state index in [1.54, 1.807) is 32.4 Å². The van der Waals surface area contributed by atoms with E-state index >= 15 is 0 Å². The number of ether oxygens (including phenoxy) is 3. The van der Waals surface area contributed by atoms with Crippen molar-refractivity contribution in [3.63, 3.8) is 0 Å². The highest BCUT2D eigenvalue weighted by molar-refractivity contribution is 7.48. The number of methoxy groups -OCH3 is 2. The summed E-state index contributed by atoms with van der Waals surface area (Å²) in [5, 5.41) is 14.5. The fraction of sp³-hybridized carbons (Fsp3) is 0.265. The van der Waals surface area contributed by atoms with Crippen LogP contribution in [0.3, 0.4) is 0 Å². The number of benzene rings is 4. The van der Waals surface area contributed by atoms with Crippen LogP contribution < -0.4 is 20.3 Å². The Hall–Kier alpha value is -4.34. The molecule has 0 fully saturated rings. The van der Waals surface area contributed by atoms with Crippen LogP contribution in [0, 0.1) is 10.1 Å². The molecule has 4 aromatic rings. The minimum absolute atomic E-state index is 0.0729. The minimum Gasteiger partial charge on any atom is -0.497 e. The molecule has 0 radical (unpaired) electrons. The SMILES string of the molecule is COc1ccc(C(OCCCC(=O)NCC(CP(N)O)c2ccccc2[N+](=O)[O-])(c2ccccc2)c2ccc(OC)cc2)cc1. The molecule has 2 atom stereocenters. The lowest BCUT2D eigenvalue weighted by Gasteiger charge is -2.36. The zero-order chi connectivity index (χ0) is 32.2. The minimum atomic E-state index is -1.84. The Balaban J connectivity index is 1.52. The maximum Gasteiger partial charge on any atom is 0.272 e. The van der Waals surface area contributed by atoms with Gasteiger partial charge in [-0.3, -0.25) is 20.4 Å². The van der Waals surface area contributed by atoms with Crippen molar-refractivity contribution in [2.45, 2.75) is 24.4 Å². The summed E-state index contributed by atoms with van der Waals surface area (Å²) in [6, 6.07) is 31.6. The Morgan fingerprint density at radius 3 is 1.96 bits per heavy atom. The van der Waals surface area contributed by atoms with Crippen LogP contribution in [0.2, 0.25) is 0 Å². The van der Waals surface area contributed by atoms with E-state index in [1.807, 2.05) is 78.9 Å². The van der Waals surface area contributed by atoms with Crippen molar-refractivity contribution in [2.24, 2.45) is 5.50 Å². The Morgan fingerprint density at radius 2 is 1.42 bits per heavy atom. The van der Waals surface area contributed by atoms with E-state index in [1.165, 1.54) is 6.07 Å². The lowest BCUT2D eigenvalue weighted by molar-refractivity contribution is -0.385. The highest BCUT2D eigenvalue weighted by atomic mass is 31.2. The summed E-state index contributed by atoms with van der Waals surface area (Å²) in [6.45, 7) is 0.353. The van der Waals surface area contributed by atoms with E-state index < -0.39 is 24.7 Å². The largest absolute Gasteiger partial charge is 0.497 e. The second-order valence-electron chi connectivity index (χ2n) is 10.4. The van der Waals surface area contributed by atoms with Crippen LogP contribution in [0.15, 0.2) is 103 Å². The first-order valence-electron chi connectivity index (χ1n) is 14.5. The average molecular weight is 632 g/mol. The average Bonchev–Trinajstić information content (AvgIpc) is 3.07. The van der Waals surface area contributed by atoms with Crippen LogP contribution in [0.25, 0.3) is 0 Å². The predicted octanol–water partition coefficient (Wildman–Crippen LogP) is 5.86. The first kappa shape index (κ1) is 33.6. The number of nitrogens with two attached hydrogens (primary N) is 1. The molecule has 10 nitrogen and oxygen atoms in total. The number of rotatable bonds is 16. The summed E-state index contributed by atoms with van der Waals surface area (Å²) in [6.07, 6.45) is 0.690. The molecule has 4 N–H and O–H groups in total. The van der Waals surface area contributed by atoms with Crippen LogP contribution in [-0.2, 0) is 15.1 Å². The molecule has 4 aromatic carbocycles.